The molecule has 0 atom stereocenters. The molecule has 6 nitrogen and oxygen atoms in total. The molecule has 2 aromatic carbocycles. The molecule has 0 bridgehead atoms. The normalized spacial score (nSPS) is 16.5. The van der Waals surface area contributed by atoms with Gasteiger partial charge in [0.25, 0.3) is 5.91 Å². The Kier molecular flexibility index (Phi) is 5.63. The minimum atomic E-state index is -0.116. The quantitative estimate of drug-likeness (QED) is 0.531. The fourth-order valence-electron chi connectivity index (χ4n) is 2.89. The van der Waals surface area contributed by atoms with Gasteiger partial charge in [0, 0.05) is 18.7 Å². The molecule has 1 aliphatic heterocycles. The summed E-state index contributed by atoms with van der Waals surface area (Å²) < 4.78 is 16.3. The summed E-state index contributed by atoms with van der Waals surface area (Å²) in [5.74, 6) is 2.76. The van der Waals surface area contributed by atoms with Crippen LogP contribution in [0.2, 0.25) is 0 Å². The van der Waals surface area contributed by atoms with Crippen molar-refractivity contribution in [3.05, 3.63) is 71.3 Å². The second kappa shape index (κ2) is 8.51. The van der Waals surface area contributed by atoms with E-state index in [1.54, 1.807) is 27.3 Å². The van der Waals surface area contributed by atoms with Crippen molar-refractivity contribution in [3.63, 3.8) is 0 Å². The zero-order valence-corrected chi connectivity index (χ0v) is 17.6. The van der Waals surface area contributed by atoms with Crippen LogP contribution in [0.3, 0.4) is 0 Å². The second-order valence-electron chi connectivity index (χ2n) is 6.50. The number of amides is 1. The van der Waals surface area contributed by atoms with E-state index < -0.39 is 0 Å². The molecule has 4 rings (SSSR count). The minimum Gasteiger partial charge on any atom is -0.497 e. The Balaban J connectivity index is 1.54. The lowest BCUT2D eigenvalue weighted by Gasteiger charge is -2.07. The summed E-state index contributed by atoms with van der Waals surface area (Å²) in [6.45, 7) is 0. The summed E-state index contributed by atoms with van der Waals surface area (Å²) >= 11 is 1.32. The van der Waals surface area contributed by atoms with Crippen LogP contribution >= 0.6 is 11.8 Å². The molecular formula is C23H20N2O4S. The predicted octanol–water partition coefficient (Wildman–Crippen LogP) is 5.20. The number of amidine groups is 1. The minimum absolute atomic E-state index is 0.116. The van der Waals surface area contributed by atoms with Crippen LogP contribution in [0.15, 0.2) is 75.0 Å². The first kappa shape index (κ1) is 19.8. The van der Waals surface area contributed by atoms with Crippen molar-refractivity contribution >= 4 is 34.6 Å². The molecule has 0 spiro atoms. The molecule has 1 amide bonds. The van der Waals surface area contributed by atoms with Crippen molar-refractivity contribution in [1.82, 2.24) is 4.90 Å². The van der Waals surface area contributed by atoms with Gasteiger partial charge in [0.05, 0.1) is 24.8 Å². The van der Waals surface area contributed by atoms with Gasteiger partial charge in [0.15, 0.2) is 5.17 Å². The van der Waals surface area contributed by atoms with Crippen LogP contribution in [0.25, 0.3) is 17.4 Å². The van der Waals surface area contributed by atoms with Gasteiger partial charge < -0.3 is 13.9 Å². The average molecular weight is 420 g/mol. The molecule has 0 saturated carbocycles. The topological polar surface area (TPSA) is 64.3 Å². The van der Waals surface area contributed by atoms with Crippen LogP contribution < -0.4 is 9.47 Å². The van der Waals surface area contributed by atoms with E-state index in [1.165, 1.54) is 16.7 Å². The number of hydrogen-bond donors (Lipinski definition) is 0. The van der Waals surface area contributed by atoms with Crippen LogP contribution in [-0.4, -0.2) is 37.2 Å². The third-order valence-electron chi connectivity index (χ3n) is 4.58. The maximum atomic E-state index is 12.6. The van der Waals surface area contributed by atoms with E-state index in [-0.39, 0.29) is 5.91 Å². The molecule has 30 heavy (non-hydrogen) atoms. The van der Waals surface area contributed by atoms with Crippen molar-refractivity contribution in [3.8, 4) is 22.8 Å². The van der Waals surface area contributed by atoms with Crippen LogP contribution in [0, 0.1) is 0 Å². The molecule has 3 aromatic rings. The average Bonchev–Trinajstić information content (AvgIpc) is 3.35. The van der Waals surface area contributed by atoms with E-state index in [0.717, 1.165) is 28.5 Å². The molecule has 0 radical (unpaired) electrons. The fourth-order valence-corrected chi connectivity index (χ4v) is 3.86. The number of thioether (sulfide) groups is 1. The van der Waals surface area contributed by atoms with Gasteiger partial charge in [-0.1, -0.05) is 0 Å². The number of carbonyl (C=O) groups is 1. The molecule has 1 saturated heterocycles. The van der Waals surface area contributed by atoms with E-state index in [2.05, 4.69) is 4.99 Å². The van der Waals surface area contributed by atoms with E-state index >= 15 is 0 Å². The summed E-state index contributed by atoms with van der Waals surface area (Å²) in [6, 6.07) is 18.7. The van der Waals surface area contributed by atoms with E-state index in [1.807, 2.05) is 60.7 Å². The standard InChI is InChI=1S/C23H20N2O4S/c1-25-22(26)21(30-23(25)24-16-6-10-18(28-3)11-7-16)14-19-12-13-20(29-19)15-4-8-17(27-2)9-5-15/h4-14H,1-3H3/b21-14-,24-23+. The Morgan fingerprint density at radius 2 is 1.57 bits per heavy atom. The lowest BCUT2D eigenvalue weighted by molar-refractivity contribution is -0.121. The van der Waals surface area contributed by atoms with Crippen molar-refractivity contribution in [2.45, 2.75) is 0 Å². The zero-order chi connectivity index (χ0) is 21.1. The number of benzene rings is 2. The highest BCUT2D eigenvalue weighted by Gasteiger charge is 2.30. The Morgan fingerprint density at radius 3 is 2.20 bits per heavy atom. The van der Waals surface area contributed by atoms with Gasteiger partial charge in [0.2, 0.25) is 0 Å². The lowest BCUT2D eigenvalue weighted by atomic mass is 10.2. The summed E-state index contributed by atoms with van der Waals surface area (Å²) in [6.07, 6.45) is 1.74. The maximum absolute atomic E-state index is 12.6. The number of methoxy groups -OCH3 is 2. The summed E-state index contributed by atoms with van der Waals surface area (Å²) in [5, 5.41) is 0.610. The monoisotopic (exact) mass is 420 g/mol. The van der Waals surface area contributed by atoms with Gasteiger partial charge in [0.1, 0.15) is 23.0 Å². The first-order valence-corrected chi connectivity index (χ1v) is 10.0. The third-order valence-corrected chi connectivity index (χ3v) is 5.64. The molecule has 0 N–H and O–H groups in total. The molecule has 152 valence electrons. The first-order chi connectivity index (χ1) is 14.6. The highest BCUT2D eigenvalue weighted by atomic mass is 32.2. The lowest BCUT2D eigenvalue weighted by Crippen LogP contribution is -2.23. The van der Waals surface area contributed by atoms with Gasteiger partial charge in [-0.25, -0.2) is 4.99 Å². The SMILES string of the molecule is COc1ccc(/N=C2/S/C(=C\c3ccc(-c4ccc(OC)cc4)o3)C(=O)N2C)cc1. The molecule has 1 aliphatic rings. The number of carbonyl (C=O) groups excluding carboxylic acids is 1. The third kappa shape index (κ3) is 4.11. The van der Waals surface area contributed by atoms with Gasteiger partial charge >= 0.3 is 0 Å². The van der Waals surface area contributed by atoms with Gasteiger partial charge in [-0.2, -0.15) is 0 Å². The summed E-state index contributed by atoms with van der Waals surface area (Å²) in [5.41, 5.74) is 1.68. The molecule has 1 aromatic heterocycles. The fraction of sp³-hybridized carbons (Fsp3) is 0.130. The Hall–Kier alpha value is -3.45. The van der Waals surface area contributed by atoms with Crippen molar-refractivity contribution in [1.29, 1.82) is 0 Å². The molecule has 1 fully saturated rings. The van der Waals surface area contributed by atoms with E-state index in [4.69, 9.17) is 13.9 Å². The molecule has 2 heterocycles. The van der Waals surface area contributed by atoms with Gasteiger partial charge in [-0.05, 0) is 72.4 Å². The summed E-state index contributed by atoms with van der Waals surface area (Å²) in [4.78, 5) is 19.3. The maximum Gasteiger partial charge on any atom is 0.266 e. The smallest absolute Gasteiger partial charge is 0.266 e. The van der Waals surface area contributed by atoms with E-state index in [0.29, 0.717) is 15.8 Å². The second-order valence-corrected chi connectivity index (χ2v) is 7.51. The number of likely N-dealkylation sites (N-methyl/N-ethyl adjacent to an activating group) is 1. The van der Waals surface area contributed by atoms with Crippen molar-refractivity contribution < 1.29 is 18.7 Å². The number of rotatable bonds is 5. The highest BCUT2D eigenvalue weighted by molar-refractivity contribution is 8.18. The number of aliphatic imine (C=N–C) groups is 1. The largest absolute Gasteiger partial charge is 0.497 e. The van der Waals surface area contributed by atoms with Crippen LogP contribution in [-0.2, 0) is 4.79 Å². The predicted molar refractivity (Wildman–Crippen MR) is 119 cm³/mol. The molecular weight excluding hydrogens is 400 g/mol. The van der Waals surface area contributed by atoms with E-state index in [9.17, 15) is 4.79 Å². The number of furan rings is 1. The molecule has 7 heteroatoms. The van der Waals surface area contributed by atoms with Gasteiger partial charge in [-0.3, -0.25) is 9.69 Å². The Morgan fingerprint density at radius 1 is 0.933 bits per heavy atom. The Bertz CT molecular complexity index is 1110. The molecule has 0 unspecified atom stereocenters. The van der Waals surface area contributed by atoms with Crippen LogP contribution in [0.1, 0.15) is 5.76 Å². The summed E-state index contributed by atoms with van der Waals surface area (Å²) in [7, 11) is 4.96. The number of nitrogens with zero attached hydrogens (tertiary/aromatic N) is 2. The van der Waals surface area contributed by atoms with Gasteiger partial charge in [-0.15, -0.1) is 0 Å². The van der Waals surface area contributed by atoms with Crippen molar-refractivity contribution in [2.75, 3.05) is 21.3 Å². The first-order valence-electron chi connectivity index (χ1n) is 9.22. The highest BCUT2D eigenvalue weighted by Crippen LogP contribution is 2.34. The zero-order valence-electron chi connectivity index (χ0n) is 16.8. The van der Waals surface area contributed by atoms with Crippen LogP contribution in [0.4, 0.5) is 5.69 Å². The van der Waals surface area contributed by atoms with Crippen LogP contribution in [0.5, 0.6) is 11.5 Å². The number of hydrogen-bond acceptors (Lipinski definition) is 6. The van der Waals surface area contributed by atoms with Crippen molar-refractivity contribution in [2.24, 2.45) is 4.99 Å². The number of ether oxygens (including phenoxy) is 2. The Labute approximate surface area is 178 Å². The molecule has 0 aliphatic carbocycles.